The average Bonchev–Trinajstić information content (AvgIpc) is 2.36. The van der Waals surface area contributed by atoms with Crippen molar-refractivity contribution in [3.63, 3.8) is 0 Å². The van der Waals surface area contributed by atoms with Crippen molar-refractivity contribution in [1.29, 1.82) is 0 Å². The molecule has 0 unspecified atom stereocenters. The van der Waals surface area contributed by atoms with Gasteiger partial charge in [0.2, 0.25) is 0 Å². The first-order chi connectivity index (χ1) is 9.41. The summed E-state index contributed by atoms with van der Waals surface area (Å²) in [5, 5.41) is 0. The molecule has 0 saturated carbocycles. The van der Waals surface area contributed by atoms with Gasteiger partial charge in [-0.05, 0) is 48.9 Å². The van der Waals surface area contributed by atoms with Gasteiger partial charge in [-0.3, -0.25) is 0 Å². The molecule has 0 fully saturated rings. The second-order valence-corrected chi connectivity index (χ2v) is 9.42. The summed E-state index contributed by atoms with van der Waals surface area (Å²) in [6, 6.07) is 8.92. The first kappa shape index (κ1) is 17.4. The lowest BCUT2D eigenvalue weighted by molar-refractivity contribution is 0.312. The van der Waals surface area contributed by atoms with E-state index in [9.17, 15) is 0 Å². The highest BCUT2D eigenvalue weighted by molar-refractivity contribution is 6.48. The van der Waals surface area contributed by atoms with Gasteiger partial charge in [0, 0.05) is 6.61 Å². The van der Waals surface area contributed by atoms with Crippen LogP contribution in [0.5, 0.6) is 0 Å². The van der Waals surface area contributed by atoms with E-state index in [2.05, 4.69) is 58.1 Å². The second-order valence-electron chi connectivity index (χ2n) is 6.99. The summed E-state index contributed by atoms with van der Waals surface area (Å²) >= 11 is 0. The van der Waals surface area contributed by atoms with Crippen molar-refractivity contribution in [3.8, 4) is 0 Å². The fraction of sp³-hybridized carbons (Fsp3) is 0.667. The van der Waals surface area contributed by atoms with Gasteiger partial charge in [-0.15, -0.1) is 0 Å². The lowest BCUT2D eigenvalue weighted by atomic mass is 9.82. The van der Waals surface area contributed by atoms with Gasteiger partial charge in [-0.25, -0.2) is 0 Å². The van der Waals surface area contributed by atoms with Crippen molar-refractivity contribution >= 4 is 9.04 Å². The third-order valence-corrected chi connectivity index (χ3v) is 4.52. The maximum atomic E-state index is 5.71. The molecule has 0 bridgehead atoms. The molecule has 2 heteroatoms. The molecule has 0 amide bonds. The van der Waals surface area contributed by atoms with Crippen LogP contribution in [0.15, 0.2) is 24.3 Å². The number of aryl methyl sites for hydroxylation is 1. The Morgan fingerprint density at radius 1 is 0.950 bits per heavy atom. The minimum Gasteiger partial charge on any atom is -0.421 e. The number of benzene rings is 1. The normalized spacial score (nSPS) is 12.1. The van der Waals surface area contributed by atoms with E-state index in [1.165, 1.54) is 43.2 Å². The monoisotopic (exact) mass is 292 g/mol. The summed E-state index contributed by atoms with van der Waals surface area (Å²) in [4.78, 5) is 0. The van der Waals surface area contributed by atoms with E-state index in [0.717, 1.165) is 6.61 Å². The summed E-state index contributed by atoms with van der Waals surface area (Å²) in [7, 11) is -0.804. The first-order valence-electron chi connectivity index (χ1n) is 8.11. The van der Waals surface area contributed by atoms with E-state index in [4.69, 9.17) is 4.43 Å². The zero-order chi connectivity index (χ0) is 15.0. The Morgan fingerprint density at radius 2 is 1.60 bits per heavy atom. The highest BCUT2D eigenvalue weighted by atomic mass is 28.3. The van der Waals surface area contributed by atoms with E-state index < -0.39 is 9.04 Å². The summed E-state index contributed by atoms with van der Waals surface area (Å²) in [5.41, 5.74) is 3.30. The SMILES string of the molecule is C[SiH](C)OCCCCCCc1ccccc1C(C)(C)C. The predicted molar refractivity (Wildman–Crippen MR) is 92.1 cm³/mol. The minimum absolute atomic E-state index is 0.256. The van der Waals surface area contributed by atoms with Crippen LogP contribution in [0.25, 0.3) is 0 Å². The van der Waals surface area contributed by atoms with Crippen LogP contribution in [0.4, 0.5) is 0 Å². The van der Waals surface area contributed by atoms with E-state index in [0.29, 0.717) is 0 Å². The van der Waals surface area contributed by atoms with Crippen molar-refractivity contribution in [2.24, 2.45) is 0 Å². The molecule has 0 heterocycles. The van der Waals surface area contributed by atoms with Gasteiger partial charge in [-0.2, -0.15) is 0 Å². The Labute approximate surface area is 127 Å². The molecular formula is C18H32OSi. The summed E-state index contributed by atoms with van der Waals surface area (Å²) in [6.45, 7) is 12.4. The standard InChI is InChI=1S/C18H32OSi/c1-18(2,3)17-14-10-9-13-16(17)12-8-6-7-11-15-19-20(4)5/h9-10,13-14,20H,6-8,11-12,15H2,1-5H3. The van der Waals surface area contributed by atoms with Crippen LogP contribution in [0, 0.1) is 0 Å². The number of hydrogen-bond acceptors (Lipinski definition) is 1. The molecular weight excluding hydrogens is 260 g/mol. The molecule has 0 N–H and O–H groups in total. The molecule has 1 nitrogen and oxygen atoms in total. The van der Waals surface area contributed by atoms with Gasteiger partial charge >= 0.3 is 0 Å². The van der Waals surface area contributed by atoms with Gasteiger partial charge in [0.1, 0.15) is 0 Å². The van der Waals surface area contributed by atoms with E-state index >= 15 is 0 Å². The van der Waals surface area contributed by atoms with Gasteiger partial charge in [-0.1, -0.05) is 57.9 Å². The Hall–Kier alpha value is -0.603. The highest BCUT2D eigenvalue weighted by Gasteiger charge is 2.16. The lowest BCUT2D eigenvalue weighted by Gasteiger charge is -2.23. The smallest absolute Gasteiger partial charge is 0.170 e. The molecule has 1 rings (SSSR count). The minimum atomic E-state index is -0.804. The zero-order valence-electron chi connectivity index (χ0n) is 14.0. The van der Waals surface area contributed by atoms with Crippen LogP contribution in [0.2, 0.25) is 13.1 Å². The van der Waals surface area contributed by atoms with Crippen molar-refractivity contribution in [2.45, 2.75) is 71.4 Å². The third-order valence-electron chi connectivity index (χ3n) is 3.62. The lowest BCUT2D eigenvalue weighted by Crippen LogP contribution is -2.14. The topological polar surface area (TPSA) is 9.23 Å². The van der Waals surface area contributed by atoms with Gasteiger partial charge in [0.15, 0.2) is 9.04 Å². The molecule has 0 saturated heterocycles. The summed E-state index contributed by atoms with van der Waals surface area (Å²) in [6.07, 6.45) is 6.37. The van der Waals surface area contributed by atoms with Crippen LogP contribution in [0.1, 0.15) is 57.6 Å². The number of rotatable bonds is 8. The largest absolute Gasteiger partial charge is 0.421 e. The Kier molecular flexibility index (Phi) is 7.53. The molecule has 20 heavy (non-hydrogen) atoms. The van der Waals surface area contributed by atoms with Crippen molar-refractivity contribution < 1.29 is 4.43 Å². The molecule has 0 radical (unpaired) electrons. The average molecular weight is 293 g/mol. The second kappa shape index (κ2) is 8.63. The Balaban J connectivity index is 2.29. The predicted octanol–water partition coefficient (Wildman–Crippen LogP) is 5.09. The fourth-order valence-electron chi connectivity index (χ4n) is 2.56. The summed E-state index contributed by atoms with van der Waals surface area (Å²) < 4.78 is 5.71. The summed E-state index contributed by atoms with van der Waals surface area (Å²) in [5.74, 6) is 0. The number of hydrogen-bond donors (Lipinski definition) is 0. The maximum absolute atomic E-state index is 5.71. The molecule has 1 aromatic carbocycles. The molecule has 114 valence electrons. The van der Waals surface area contributed by atoms with Gasteiger partial charge < -0.3 is 4.43 Å². The van der Waals surface area contributed by atoms with Crippen LogP contribution in [-0.4, -0.2) is 15.6 Å². The fourth-order valence-corrected chi connectivity index (χ4v) is 3.20. The molecule has 0 aliphatic carbocycles. The van der Waals surface area contributed by atoms with Gasteiger partial charge in [0.25, 0.3) is 0 Å². The van der Waals surface area contributed by atoms with Crippen LogP contribution < -0.4 is 0 Å². The molecule has 0 aliphatic heterocycles. The highest BCUT2D eigenvalue weighted by Crippen LogP contribution is 2.26. The molecule has 0 atom stereocenters. The third kappa shape index (κ3) is 6.71. The quantitative estimate of drug-likeness (QED) is 0.479. The molecule has 0 aliphatic rings. The Morgan fingerprint density at radius 3 is 2.25 bits per heavy atom. The maximum Gasteiger partial charge on any atom is 0.170 e. The van der Waals surface area contributed by atoms with Crippen molar-refractivity contribution in [1.82, 2.24) is 0 Å². The molecule has 0 aromatic heterocycles. The van der Waals surface area contributed by atoms with Crippen molar-refractivity contribution in [2.75, 3.05) is 6.61 Å². The van der Waals surface area contributed by atoms with Crippen molar-refractivity contribution in [3.05, 3.63) is 35.4 Å². The van der Waals surface area contributed by atoms with Crippen LogP contribution in [0.3, 0.4) is 0 Å². The van der Waals surface area contributed by atoms with E-state index in [1.807, 2.05) is 0 Å². The van der Waals surface area contributed by atoms with Gasteiger partial charge in [0.05, 0.1) is 0 Å². The van der Waals surface area contributed by atoms with E-state index in [1.54, 1.807) is 0 Å². The number of unbranched alkanes of at least 4 members (excludes halogenated alkanes) is 3. The molecule has 0 spiro atoms. The zero-order valence-corrected chi connectivity index (χ0v) is 15.2. The first-order valence-corrected chi connectivity index (χ1v) is 10.9. The van der Waals surface area contributed by atoms with E-state index in [-0.39, 0.29) is 5.41 Å². The van der Waals surface area contributed by atoms with Crippen LogP contribution in [-0.2, 0) is 16.3 Å². The van der Waals surface area contributed by atoms with Crippen LogP contribution >= 0.6 is 0 Å². The Bertz CT molecular complexity index is 379. The molecule has 1 aromatic rings.